The van der Waals surface area contributed by atoms with Gasteiger partial charge in [0, 0.05) is 17.8 Å². The van der Waals surface area contributed by atoms with Crippen molar-refractivity contribution in [3.05, 3.63) is 29.3 Å². The molecule has 3 rings (SSSR count). The molecule has 0 saturated carbocycles. The summed E-state index contributed by atoms with van der Waals surface area (Å²) in [5, 5.41) is 0. The van der Waals surface area contributed by atoms with Gasteiger partial charge < -0.3 is 4.90 Å². The molecule has 1 atom stereocenters. The van der Waals surface area contributed by atoms with Crippen LogP contribution in [0.3, 0.4) is 0 Å². The fourth-order valence-corrected chi connectivity index (χ4v) is 4.02. The number of hydrogen-bond donors (Lipinski definition) is 0. The predicted octanol–water partition coefficient (Wildman–Crippen LogP) is 4.46. The number of para-hydroxylation sites is 1. The average Bonchev–Trinajstić information content (AvgIpc) is 2.26. The van der Waals surface area contributed by atoms with E-state index in [4.69, 9.17) is 0 Å². The fraction of sp³-hybridized carbons (Fsp3) is 0.647. The van der Waals surface area contributed by atoms with E-state index in [1.54, 1.807) is 16.8 Å². The summed E-state index contributed by atoms with van der Waals surface area (Å²) >= 11 is 0. The molecule has 0 aromatic heterocycles. The lowest BCUT2D eigenvalue weighted by Crippen LogP contribution is -2.53. The van der Waals surface area contributed by atoms with Crippen molar-refractivity contribution >= 4 is 5.69 Å². The first-order valence-electron chi connectivity index (χ1n) is 7.24. The zero-order valence-electron chi connectivity index (χ0n) is 12.4. The Labute approximate surface area is 111 Å². The summed E-state index contributed by atoms with van der Waals surface area (Å²) in [5.41, 5.74) is 5.32. The lowest BCUT2D eigenvalue weighted by atomic mass is 9.70. The van der Waals surface area contributed by atoms with Crippen molar-refractivity contribution in [2.24, 2.45) is 0 Å². The van der Waals surface area contributed by atoms with Gasteiger partial charge in [0.25, 0.3) is 0 Å². The number of benzene rings is 1. The molecule has 0 spiro atoms. The van der Waals surface area contributed by atoms with E-state index < -0.39 is 0 Å². The predicted molar refractivity (Wildman–Crippen MR) is 78.5 cm³/mol. The van der Waals surface area contributed by atoms with Gasteiger partial charge in [-0.25, -0.2) is 0 Å². The van der Waals surface area contributed by atoms with Gasteiger partial charge in [0.05, 0.1) is 0 Å². The summed E-state index contributed by atoms with van der Waals surface area (Å²) in [7, 11) is 0. The Bertz CT molecular complexity index is 484. The highest BCUT2D eigenvalue weighted by molar-refractivity contribution is 5.68. The van der Waals surface area contributed by atoms with Crippen molar-refractivity contribution in [2.75, 3.05) is 11.4 Å². The van der Waals surface area contributed by atoms with Crippen LogP contribution in [0.5, 0.6) is 0 Å². The third kappa shape index (κ3) is 1.52. The first-order valence-corrected chi connectivity index (χ1v) is 7.24. The van der Waals surface area contributed by atoms with Crippen molar-refractivity contribution in [3.8, 4) is 0 Å². The lowest BCUT2D eigenvalue weighted by Gasteiger charge is -2.53. The van der Waals surface area contributed by atoms with E-state index in [9.17, 15) is 0 Å². The van der Waals surface area contributed by atoms with Crippen molar-refractivity contribution in [1.29, 1.82) is 0 Å². The van der Waals surface area contributed by atoms with E-state index in [1.165, 1.54) is 19.4 Å². The molecule has 98 valence electrons. The van der Waals surface area contributed by atoms with E-state index >= 15 is 0 Å². The maximum atomic E-state index is 2.67. The number of hydrogen-bond acceptors (Lipinski definition) is 1. The van der Waals surface area contributed by atoms with Crippen LogP contribution in [0.25, 0.3) is 0 Å². The summed E-state index contributed by atoms with van der Waals surface area (Å²) < 4.78 is 0. The van der Waals surface area contributed by atoms with Crippen LogP contribution in [0.2, 0.25) is 0 Å². The molecule has 0 amide bonds. The fourth-order valence-electron chi connectivity index (χ4n) is 4.02. The van der Waals surface area contributed by atoms with Crippen LogP contribution in [0.1, 0.15) is 64.5 Å². The van der Waals surface area contributed by atoms with Gasteiger partial charge in [-0.2, -0.15) is 0 Å². The second-order valence-electron chi connectivity index (χ2n) is 7.45. The minimum Gasteiger partial charge on any atom is -0.366 e. The van der Waals surface area contributed by atoms with Gasteiger partial charge >= 0.3 is 0 Å². The monoisotopic (exact) mass is 243 g/mol. The molecule has 1 heteroatoms. The largest absolute Gasteiger partial charge is 0.366 e. The Morgan fingerprint density at radius 2 is 1.89 bits per heavy atom. The summed E-state index contributed by atoms with van der Waals surface area (Å²) in [5.74, 6) is 0.681. The molecule has 1 unspecified atom stereocenters. The van der Waals surface area contributed by atoms with Crippen molar-refractivity contribution < 1.29 is 0 Å². The normalized spacial score (nSPS) is 27.8. The van der Waals surface area contributed by atoms with E-state index in [0.717, 1.165) is 0 Å². The molecular weight excluding hydrogens is 218 g/mol. The first kappa shape index (κ1) is 12.1. The summed E-state index contributed by atoms with van der Waals surface area (Å²) in [6, 6.07) is 6.94. The third-order valence-corrected chi connectivity index (χ3v) is 5.09. The second-order valence-corrected chi connectivity index (χ2v) is 7.45. The molecule has 0 bridgehead atoms. The van der Waals surface area contributed by atoms with Crippen LogP contribution in [-0.2, 0) is 5.41 Å². The minimum atomic E-state index is 0.305. The van der Waals surface area contributed by atoms with Gasteiger partial charge in [-0.15, -0.1) is 0 Å². The molecule has 0 N–H and O–H groups in total. The number of rotatable bonds is 0. The smallest absolute Gasteiger partial charge is 0.0444 e. The Morgan fingerprint density at radius 3 is 2.61 bits per heavy atom. The standard InChI is InChI=1S/C17H25N/c1-12-11-17(4,5)18-10-9-16(2,3)14-8-6-7-13(12)15(14)18/h6-8,12H,9-11H2,1-5H3. The molecule has 1 aromatic rings. The van der Waals surface area contributed by atoms with Crippen molar-refractivity contribution in [2.45, 2.75) is 64.3 Å². The highest BCUT2D eigenvalue weighted by Crippen LogP contribution is 2.51. The third-order valence-electron chi connectivity index (χ3n) is 5.09. The zero-order chi connectivity index (χ0) is 13.1. The van der Waals surface area contributed by atoms with Gasteiger partial charge in [-0.3, -0.25) is 0 Å². The topological polar surface area (TPSA) is 3.24 Å². The highest BCUT2D eigenvalue weighted by atomic mass is 15.2. The van der Waals surface area contributed by atoms with Gasteiger partial charge in [0.1, 0.15) is 0 Å². The number of anilines is 1. The SMILES string of the molecule is CC1CC(C)(C)N2CCC(C)(C)c3cccc1c32. The van der Waals surface area contributed by atoms with Crippen LogP contribution < -0.4 is 4.90 Å². The van der Waals surface area contributed by atoms with Crippen molar-refractivity contribution in [3.63, 3.8) is 0 Å². The van der Waals surface area contributed by atoms with Crippen molar-refractivity contribution in [1.82, 2.24) is 0 Å². The second kappa shape index (κ2) is 3.53. The van der Waals surface area contributed by atoms with Crippen LogP contribution in [0.4, 0.5) is 5.69 Å². The molecule has 1 aromatic carbocycles. The maximum absolute atomic E-state index is 2.67. The summed E-state index contributed by atoms with van der Waals surface area (Å²) in [6.45, 7) is 13.2. The van der Waals surface area contributed by atoms with E-state index in [0.29, 0.717) is 16.9 Å². The molecule has 0 radical (unpaired) electrons. The Hall–Kier alpha value is -0.980. The zero-order valence-corrected chi connectivity index (χ0v) is 12.4. The molecule has 2 aliphatic rings. The summed E-state index contributed by atoms with van der Waals surface area (Å²) in [4.78, 5) is 2.67. The maximum Gasteiger partial charge on any atom is 0.0444 e. The van der Waals surface area contributed by atoms with Crippen LogP contribution in [0, 0.1) is 0 Å². The molecule has 0 saturated heterocycles. The molecule has 2 heterocycles. The first-order chi connectivity index (χ1) is 8.33. The number of nitrogens with zero attached hydrogens (tertiary/aromatic N) is 1. The van der Waals surface area contributed by atoms with E-state index in [-0.39, 0.29) is 0 Å². The van der Waals surface area contributed by atoms with Crippen LogP contribution >= 0.6 is 0 Å². The average molecular weight is 243 g/mol. The van der Waals surface area contributed by atoms with E-state index in [2.05, 4.69) is 57.7 Å². The van der Waals surface area contributed by atoms with Gasteiger partial charge in [-0.05, 0) is 49.1 Å². The van der Waals surface area contributed by atoms with Crippen LogP contribution in [0.15, 0.2) is 18.2 Å². The van der Waals surface area contributed by atoms with Gasteiger partial charge in [-0.1, -0.05) is 39.0 Å². The quantitative estimate of drug-likeness (QED) is 0.650. The molecule has 0 aliphatic carbocycles. The van der Waals surface area contributed by atoms with Gasteiger partial charge in [0.2, 0.25) is 0 Å². The molecule has 2 aliphatic heterocycles. The Kier molecular flexibility index (Phi) is 2.36. The Balaban J connectivity index is 2.26. The van der Waals surface area contributed by atoms with E-state index in [1.807, 2.05) is 0 Å². The molecular formula is C17H25N. The van der Waals surface area contributed by atoms with Gasteiger partial charge in [0.15, 0.2) is 0 Å². The summed E-state index contributed by atoms with van der Waals surface area (Å²) in [6.07, 6.45) is 2.53. The Morgan fingerprint density at radius 1 is 1.17 bits per heavy atom. The van der Waals surface area contributed by atoms with Crippen LogP contribution in [-0.4, -0.2) is 12.1 Å². The highest BCUT2D eigenvalue weighted by Gasteiger charge is 2.42. The minimum absolute atomic E-state index is 0.305. The molecule has 1 nitrogen and oxygen atoms in total. The lowest BCUT2D eigenvalue weighted by molar-refractivity contribution is 0.335. The molecule has 0 fully saturated rings. The molecule has 18 heavy (non-hydrogen) atoms.